The second kappa shape index (κ2) is 4.56. The summed E-state index contributed by atoms with van der Waals surface area (Å²) in [5, 5.41) is 0.437. The molecule has 0 radical (unpaired) electrons. The second-order valence-corrected chi connectivity index (χ2v) is 6.81. The van der Waals surface area contributed by atoms with E-state index in [-0.39, 0.29) is 35.5 Å². The molecule has 0 N–H and O–H groups in total. The third-order valence-corrected chi connectivity index (χ3v) is 5.41. The summed E-state index contributed by atoms with van der Waals surface area (Å²) in [5.41, 5.74) is 2.99. The summed E-state index contributed by atoms with van der Waals surface area (Å²) in [6.45, 7) is 4.12. The van der Waals surface area contributed by atoms with Gasteiger partial charge in [-0.05, 0) is 26.0 Å². The minimum atomic E-state index is -0.260. The molecule has 1 aromatic carbocycles. The van der Waals surface area contributed by atoms with Crippen LogP contribution in [0.15, 0.2) is 47.6 Å². The molecule has 1 saturated carbocycles. The Morgan fingerprint density at radius 3 is 2.05 bits per heavy atom. The van der Waals surface area contributed by atoms with Crippen LogP contribution in [0.5, 0.6) is 0 Å². The predicted octanol–water partition coefficient (Wildman–Crippen LogP) is 3.60. The molecule has 2 aliphatic carbocycles. The van der Waals surface area contributed by atoms with E-state index < -0.39 is 0 Å². The summed E-state index contributed by atoms with van der Waals surface area (Å²) in [4.78, 5) is 27.1. The lowest BCUT2D eigenvalue weighted by Gasteiger charge is -2.20. The largest absolute Gasteiger partial charge is 0.274 e. The number of imide groups is 1. The van der Waals surface area contributed by atoms with Crippen molar-refractivity contribution in [3.8, 4) is 0 Å². The van der Waals surface area contributed by atoms with Crippen LogP contribution < -0.4 is 4.90 Å². The zero-order valence-corrected chi connectivity index (χ0v) is 13.2. The number of hydrogen-bond acceptors (Lipinski definition) is 2. The predicted molar refractivity (Wildman–Crippen MR) is 85.4 cm³/mol. The molecule has 1 saturated heterocycles. The van der Waals surface area contributed by atoms with Crippen LogP contribution in [0.3, 0.4) is 0 Å². The van der Waals surface area contributed by atoms with Gasteiger partial charge in [-0.25, -0.2) is 4.90 Å². The van der Waals surface area contributed by atoms with Gasteiger partial charge in [0.25, 0.3) is 0 Å². The van der Waals surface area contributed by atoms with Gasteiger partial charge in [-0.15, -0.1) is 0 Å². The van der Waals surface area contributed by atoms with E-state index in [1.165, 1.54) is 16.0 Å². The molecule has 0 spiro atoms. The number of nitrogens with zero attached hydrogens (tertiary/aromatic N) is 1. The highest BCUT2D eigenvalue weighted by atomic mass is 35.5. The van der Waals surface area contributed by atoms with Gasteiger partial charge in [0, 0.05) is 11.8 Å². The number of para-hydroxylation sites is 1. The number of halogens is 1. The van der Waals surface area contributed by atoms with Crippen molar-refractivity contribution in [3.05, 3.63) is 52.6 Å². The topological polar surface area (TPSA) is 37.4 Å². The van der Waals surface area contributed by atoms with E-state index in [1.807, 2.05) is 0 Å². The minimum absolute atomic E-state index is 0.0731. The number of fused-ring (bicyclic) bond motifs is 5. The fraction of sp³-hybridized carbons (Fsp3) is 0.333. The first-order chi connectivity index (χ1) is 10.5. The third-order valence-electron chi connectivity index (χ3n) is 5.09. The second-order valence-electron chi connectivity index (χ2n) is 6.41. The van der Waals surface area contributed by atoms with Crippen LogP contribution in [0.25, 0.3) is 0 Å². The van der Waals surface area contributed by atoms with Crippen molar-refractivity contribution in [1.82, 2.24) is 0 Å². The molecular formula is C18H16ClNO2. The highest BCUT2D eigenvalue weighted by Gasteiger charge is 2.62. The SMILES string of the molecule is CC(C)=C1[C@H]2C=C[C@@H]1[C@H]1C(=O)N(c3ccccc3Cl)C(=O)[C@@H]12. The van der Waals surface area contributed by atoms with Gasteiger partial charge in [-0.1, -0.05) is 47.0 Å². The first kappa shape index (κ1) is 13.8. The Bertz CT molecular complexity index is 726. The van der Waals surface area contributed by atoms with Crippen LogP contribution in [0.2, 0.25) is 5.02 Å². The van der Waals surface area contributed by atoms with Gasteiger partial charge in [0.1, 0.15) is 0 Å². The van der Waals surface area contributed by atoms with Crippen LogP contribution >= 0.6 is 11.6 Å². The lowest BCUT2D eigenvalue weighted by atomic mass is 9.85. The Balaban J connectivity index is 1.80. The normalized spacial score (nSPS) is 32.1. The smallest absolute Gasteiger partial charge is 0.238 e. The number of hydrogen-bond donors (Lipinski definition) is 0. The van der Waals surface area contributed by atoms with Crippen LogP contribution in [0.1, 0.15) is 13.8 Å². The van der Waals surface area contributed by atoms with Crippen molar-refractivity contribution in [3.63, 3.8) is 0 Å². The Hall–Kier alpha value is -1.87. The average molecular weight is 314 g/mol. The molecule has 3 nitrogen and oxygen atoms in total. The lowest BCUT2D eigenvalue weighted by Crippen LogP contribution is -2.33. The maximum Gasteiger partial charge on any atom is 0.238 e. The van der Waals surface area contributed by atoms with Crippen LogP contribution in [0.4, 0.5) is 5.69 Å². The van der Waals surface area contributed by atoms with Gasteiger partial charge >= 0.3 is 0 Å². The summed E-state index contributed by atoms with van der Waals surface area (Å²) in [5.74, 6) is -0.599. The highest BCUT2D eigenvalue weighted by Crippen LogP contribution is 2.57. The molecule has 22 heavy (non-hydrogen) atoms. The fourth-order valence-electron chi connectivity index (χ4n) is 4.30. The third kappa shape index (κ3) is 1.57. The van der Waals surface area contributed by atoms with Crippen LogP contribution in [-0.2, 0) is 9.59 Å². The first-order valence-electron chi connectivity index (χ1n) is 7.50. The van der Waals surface area contributed by atoms with E-state index in [4.69, 9.17) is 11.6 Å². The van der Waals surface area contributed by atoms with Crippen LogP contribution in [-0.4, -0.2) is 11.8 Å². The van der Waals surface area contributed by atoms with E-state index in [0.717, 1.165) is 0 Å². The van der Waals surface area contributed by atoms with E-state index >= 15 is 0 Å². The van der Waals surface area contributed by atoms with Gasteiger partial charge < -0.3 is 0 Å². The molecule has 2 amide bonds. The van der Waals surface area contributed by atoms with Crippen molar-refractivity contribution in [2.75, 3.05) is 4.90 Å². The van der Waals surface area contributed by atoms with E-state index in [9.17, 15) is 9.59 Å². The van der Waals surface area contributed by atoms with Crippen molar-refractivity contribution in [1.29, 1.82) is 0 Å². The van der Waals surface area contributed by atoms with Crippen LogP contribution in [0, 0.1) is 23.7 Å². The number of rotatable bonds is 1. The minimum Gasteiger partial charge on any atom is -0.274 e. The highest BCUT2D eigenvalue weighted by molar-refractivity contribution is 6.36. The first-order valence-corrected chi connectivity index (χ1v) is 7.88. The quantitative estimate of drug-likeness (QED) is 0.587. The maximum atomic E-state index is 12.9. The summed E-state index contributed by atoms with van der Waals surface area (Å²) < 4.78 is 0. The monoisotopic (exact) mass is 313 g/mol. The van der Waals surface area contributed by atoms with Gasteiger partial charge in [0.2, 0.25) is 11.8 Å². The van der Waals surface area contributed by atoms with Gasteiger partial charge in [-0.2, -0.15) is 0 Å². The molecule has 4 heteroatoms. The molecule has 2 bridgehead atoms. The molecule has 1 aromatic rings. The summed E-state index contributed by atoms with van der Waals surface area (Å²) in [6, 6.07) is 7.03. The fourth-order valence-corrected chi connectivity index (χ4v) is 4.52. The van der Waals surface area contributed by atoms with Crippen molar-refractivity contribution in [2.24, 2.45) is 23.7 Å². The van der Waals surface area contributed by atoms with Crippen molar-refractivity contribution in [2.45, 2.75) is 13.8 Å². The molecular weight excluding hydrogens is 298 g/mol. The molecule has 3 aliphatic rings. The Kier molecular flexibility index (Phi) is 2.85. The van der Waals surface area contributed by atoms with Crippen molar-refractivity contribution >= 4 is 29.1 Å². The summed E-state index contributed by atoms with van der Waals surface area (Å²) in [7, 11) is 0. The number of carbonyl (C=O) groups excluding carboxylic acids is 2. The number of anilines is 1. The van der Waals surface area contributed by atoms with Crippen molar-refractivity contribution < 1.29 is 9.59 Å². The van der Waals surface area contributed by atoms with E-state index in [2.05, 4.69) is 26.0 Å². The molecule has 4 rings (SSSR count). The molecule has 1 aliphatic heterocycles. The summed E-state index contributed by atoms with van der Waals surface area (Å²) >= 11 is 6.19. The van der Waals surface area contributed by atoms with E-state index in [1.54, 1.807) is 24.3 Å². The van der Waals surface area contributed by atoms with Gasteiger partial charge in [0.15, 0.2) is 0 Å². The summed E-state index contributed by atoms with van der Waals surface area (Å²) in [6.07, 6.45) is 4.19. The molecule has 2 fully saturated rings. The lowest BCUT2D eigenvalue weighted by molar-refractivity contribution is -0.122. The number of carbonyl (C=O) groups is 2. The number of amides is 2. The maximum absolute atomic E-state index is 12.9. The molecule has 1 heterocycles. The number of benzene rings is 1. The van der Waals surface area contributed by atoms with Gasteiger partial charge in [0.05, 0.1) is 22.5 Å². The molecule has 112 valence electrons. The van der Waals surface area contributed by atoms with E-state index in [0.29, 0.717) is 10.7 Å². The zero-order chi connectivity index (χ0) is 15.6. The average Bonchev–Trinajstić information content (AvgIpc) is 3.11. The molecule has 0 aromatic heterocycles. The Labute approximate surface area is 134 Å². The number of allylic oxidation sites excluding steroid dienone is 4. The van der Waals surface area contributed by atoms with Gasteiger partial charge in [-0.3, -0.25) is 9.59 Å². The Morgan fingerprint density at radius 2 is 1.55 bits per heavy atom. The molecule has 0 unspecified atom stereocenters. The standard InChI is InChI=1S/C18H16ClNO2/c1-9(2)14-10-7-8-11(14)16-15(10)17(21)20(18(16)22)13-6-4-3-5-12(13)19/h3-8,10-11,15-16H,1-2H3/t10-,11+,15-,16-/m1/s1. The zero-order valence-electron chi connectivity index (χ0n) is 12.4. The Morgan fingerprint density at radius 1 is 1.00 bits per heavy atom. The molecule has 4 atom stereocenters.